The van der Waals surface area contributed by atoms with Gasteiger partial charge >= 0.3 is 0 Å². The molecule has 2 aromatic heterocycles. The van der Waals surface area contributed by atoms with Gasteiger partial charge in [0.05, 0.1) is 11.4 Å². The largest absolute Gasteiger partial charge is 0.311 e. The van der Waals surface area contributed by atoms with Crippen LogP contribution in [0.5, 0.6) is 0 Å². The second-order valence-electron chi connectivity index (χ2n) is 4.26. The third-order valence-corrected chi connectivity index (χ3v) is 2.85. The molecule has 0 atom stereocenters. The molecule has 2 heterocycles. The topological polar surface area (TPSA) is 74.4 Å². The van der Waals surface area contributed by atoms with Gasteiger partial charge in [0.15, 0.2) is 0 Å². The average molecular weight is 252 g/mol. The maximum Gasteiger partial charge on any atom is 0.251 e. The summed E-state index contributed by atoms with van der Waals surface area (Å²) in [6.45, 7) is 1.77. The van der Waals surface area contributed by atoms with E-state index in [1.54, 1.807) is 13.1 Å². The first kappa shape index (κ1) is 11.4. The predicted molar refractivity (Wildman–Crippen MR) is 72.6 cm³/mol. The summed E-state index contributed by atoms with van der Waals surface area (Å²) < 4.78 is 0. The molecular weight excluding hydrogens is 240 g/mol. The van der Waals surface area contributed by atoms with Gasteiger partial charge in [-0.15, -0.1) is 0 Å². The Bertz CT molecular complexity index is 742. The number of hydrogen-bond acceptors (Lipinski definition) is 3. The summed E-state index contributed by atoms with van der Waals surface area (Å²) in [6.07, 6.45) is 1.71. The van der Waals surface area contributed by atoms with Crippen LogP contribution in [0.1, 0.15) is 5.82 Å². The summed E-state index contributed by atoms with van der Waals surface area (Å²) in [6, 6.07) is 11.2. The molecule has 0 aliphatic rings. The van der Waals surface area contributed by atoms with Gasteiger partial charge < -0.3 is 4.98 Å². The molecule has 0 spiro atoms. The van der Waals surface area contributed by atoms with Crippen molar-refractivity contribution in [3.63, 3.8) is 0 Å². The highest BCUT2D eigenvalue weighted by molar-refractivity contribution is 5.66. The predicted octanol–water partition coefficient (Wildman–Crippen LogP) is 2.14. The minimum atomic E-state index is -0.139. The van der Waals surface area contributed by atoms with Crippen LogP contribution in [0.4, 0.5) is 0 Å². The number of nitrogens with one attached hydrogen (secondary N) is 2. The summed E-state index contributed by atoms with van der Waals surface area (Å²) in [5, 5.41) is 6.83. The molecule has 0 bridgehead atoms. The summed E-state index contributed by atoms with van der Waals surface area (Å²) in [5.41, 5.74) is 3.46. The quantitative estimate of drug-likeness (QED) is 0.733. The Morgan fingerprint density at radius 2 is 1.79 bits per heavy atom. The van der Waals surface area contributed by atoms with Gasteiger partial charge in [-0.2, -0.15) is 5.10 Å². The Morgan fingerprint density at radius 3 is 2.42 bits per heavy atom. The van der Waals surface area contributed by atoms with Crippen molar-refractivity contribution in [1.82, 2.24) is 20.2 Å². The first-order valence-corrected chi connectivity index (χ1v) is 5.90. The van der Waals surface area contributed by atoms with Crippen LogP contribution in [0.3, 0.4) is 0 Å². The number of H-pyrrole nitrogens is 2. The summed E-state index contributed by atoms with van der Waals surface area (Å²) in [4.78, 5) is 18.4. The minimum absolute atomic E-state index is 0.139. The molecule has 2 N–H and O–H groups in total. The van der Waals surface area contributed by atoms with Crippen molar-refractivity contribution in [2.75, 3.05) is 0 Å². The fourth-order valence-electron chi connectivity index (χ4n) is 1.96. The molecule has 94 valence electrons. The van der Waals surface area contributed by atoms with Gasteiger partial charge in [0, 0.05) is 17.8 Å². The zero-order chi connectivity index (χ0) is 13.2. The van der Waals surface area contributed by atoms with E-state index in [0.717, 1.165) is 16.8 Å². The van der Waals surface area contributed by atoms with Gasteiger partial charge in [0.25, 0.3) is 5.56 Å². The Balaban J connectivity index is 2.01. The lowest BCUT2D eigenvalue weighted by atomic mass is 10.1. The molecule has 0 amide bonds. The summed E-state index contributed by atoms with van der Waals surface area (Å²) in [7, 11) is 0. The van der Waals surface area contributed by atoms with Gasteiger partial charge in [-0.3, -0.25) is 9.89 Å². The molecule has 19 heavy (non-hydrogen) atoms. The van der Waals surface area contributed by atoms with Crippen LogP contribution in [0, 0.1) is 6.92 Å². The first-order valence-electron chi connectivity index (χ1n) is 5.90. The molecule has 0 saturated carbocycles. The lowest BCUT2D eigenvalue weighted by molar-refractivity contribution is 1.02. The van der Waals surface area contributed by atoms with Crippen LogP contribution in [0.15, 0.2) is 47.4 Å². The molecule has 1 aromatic carbocycles. The van der Waals surface area contributed by atoms with Crippen LogP contribution in [0.2, 0.25) is 0 Å². The van der Waals surface area contributed by atoms with E-state index in [-0.39, 0.29) is 5.56 Å². The molecule has 5 nitrogen and oxygen atoms in total. The van der Waals surface area contributed by atoms with Crippen LogP contribution in [0.25, 0.3) is 22.5 Å². The molecule has 5 heteroatoms. The van der Waals surface area contributed by atoms with Crippen molar-refractivity contribution in [1.29, 1.82) is 0 Å². The first-order chi connectivity index (χ1) is 9.22. The van der Waals surface area contributed by atoms with E-state index in [1.807, 2.05) is 30.3 Å². The van der Waals surface area contributed by atoms with Crippen molar-refractivity contribution in [3.05, 3.63) is 58.8 Å². The van der Waals surface area contributed by atoms with E-state index in [2.05, 4.69) is 20.2 Å². The Hall–Kier alpha value is -2.69. The summed E-state index contributed by atoms with van der Waals surface area (Å²) in [5.74, 6) is 0.611. The number of hydrogen-bond donors (Lipinski definition) is 2. The standard InChI is InChI=1S/C14H12N4O/c1-9-16-13(8-14(19)17-9)11-4-2-10(3-5-11)12-6-7-15-18-12/h2-8H,1H3,(H,15,18)(H,16,17,19). The molecule has 3 rings (SSSR count). The Morgan fingerprint density at radius 1 is 1.05 bits per heavy atom. The number of benzene rings is 1. The lowest BCUT2D eigenvalue weighted by Crippen LogP contribution is -2.08. The van der Waals surface area contributed by atoms with Crippen LogP contribution >= 0.6 is 0 Å². The maximum atomic E-state index is 11.4. The van der Waals surface area contributed by atoms with Crippen molar-refractivity contribution >= 4 is 0 Å². The number of nitrogens with zero attached hydrogens (tertiary/aromatic N) is 2. The molecular formula is C14H12N4O. The van der Waals surface area contributed by atoms with Gasteiger partial charge in [0.1, 0.15) is 5.82 Å². The van der Waals surface area contributed by atoms with Gasteiger partial charge in [-0.25, -0.2) is 4.98 Å². The van der Waals surface area contributed by atoms with Gasteiger partial charge in [-0.1, -0.05) is 24.3 Å². The molecule has 3 aromatic rings. The fraction of sp³-hybridized carbons (Fsp3) is 0.0714. The Labute approximate surface area is 109 Å². The van der Waals surface area contributed by atoms with Gasteiger partial charge in [-0.05, 0) is 18.6 Å². The van der Waals surface area contributed by atoms with E-state index in [1.165, 1.54) is 6.07 Å². The van der Waals surface area contributed by atoms with Crippen molar-refractivity contribution < 1.29 is 0 Å². The lowest BCUT2D eigenvalue weighted by Gasteiger charge is -2.03. The monoisotopic (exact) mass is 252 g/mol. The van der Waals surface area contributed by atoms with Crippen LogP contribution in [-0.2, 0) is 0 Å². The molecule has 0 aliphatic carbocycles. The highest BCUT2D eigenvalue weighted by atomic mass is 16.1. The van der Waals surface area contributed by atoms with Crippen LogP contribution in [-0.4, -0.2) is 20.2 Å². The Kier molecular flexibility index (Phi) is 2.72. The number of aromatic amines is 2. The summed E-state index contributed by atoms with van der Waals surface area (Å²) >= 11 is 0. The SMILES string of the molecule is Cc1nc(-c2ccc(-c3ccn[nH]3)cc2)cc(=O)[nH]1. The average Bonchev–Trinajstić information content (AvgIpc) is 2.91. The second-order valence-corrected chi connectivity index (χ2v) is 4.26. The number of aromatic nitrogens is 4. The zero-order valence-electron chi connectivity index (χ0n) is 10.3. The molecule has 0 saturated heterocycles. The van der Waals surface area contributed by atoms with Gasteiger partial charge in [0.2, 0.25) is 0 Å². The van der Waals surface area contributed by atoms with Crippen molar-refractivity contribution in [2.45, 2.75) is 6.92 Å². The molecule has 0 unspecified atom stereocenters. The molecule has 0 radical (unpaired) electrons. The van der Waals surface area contributed by atoms with E-state index in [9.17, 15) is 4.79 Å². The molecule has 0 aliphatic heterocycles. The van der Waals surface area contributed by atoms with E-state index in [4.69, 9.17) is 0 Å². The highest BCUT2D eigenvalue weighted by Gasteiger charge is 2.03. The maximum absolute atomic E-state index is 11.4. The number of aryl methyl sites for hydroxylation is 1. The van der Waals surface area contributed by atoms with Crippen LogP contribution < -0.4 is 5.56 Å². The molecule has 0 fully saturated rings. The van der Waals surface area contributed by atoms with E-state index < -0.39 is 0 Å². The smallest absolute Gasteiger partial charge is 0.251 e. The third kappa shape index (κ3) is 2.30. The van der Waals surface area contributed by atoms with E-state index in [0.29, 0.717) is 11.5 Å². The fourth-order valence-corrected chi connectivity index (χ4v) is 1.96. The third-order valence-electron chi connectivity index (χ3n) is 2.85. The van der Waals surface area contributed by atoms with Crippen molar-refractivity contribution in [2.24, 2.45) is 0 Å². The normalized spacial score (nSPS) is 10.6. The second kappa shape index (κ2) is 4.53. The van der Waals surface area contributed by atoms with Crippen molar-refractivity contribution in [3.8, 4) is 22.5 Å². The highest BCUT2D eigenvalue weighted by Crippen LogP contribution is 2.21. The number of rotatable bonds is 2. The zero-order valence-corrected chi connectivity index (χ0v) is 10.3. The van der Waals surface area contributed by atoms with E-state index >= 15 is 0 Å². The minimum Gasteiger partial charge on any atom is -0.311 e.